The third-order valence-corrected chi connectivity index (χ3v) is 5.28. The molecule has 1 heterocycles. The van der Waals surface area contributed by atoms with Gasteiger partial charge in [0.25, 0.3) is 0 Å². The van der Waals surface area contributed by atoms with Gasteiger partial charge in [0.2, 0.25) is 11.8 Å². The van der Waals surface area contributed by atoms with Crippen LogP contribution in [-0.2, 0) is 10.3 Å². The predicted molar refractivity (Wildman–Crippen MR) is 103 cm³/mol. The smallest absolute Gasteiger partial charge is 0.224 e. The van der Waals surface area contributed by atoms with E-state index in [2.05, 4.69) is 15.5 Å². The molecule has 3 rings (SSSR count). The van der Waals surface area contributed by atoms with Crippen molar-refractivity contribution < 1.29 is 14.1 Å². The number of nitrogens with zero attached hydrogens (tertiary/aromatic N) is 2. The zero-order valence-electron chi connectivity index (χ0n) is 16.5. The van der Waals surface area contributed by atoms with Crippen molar-refractivity contribution in [2.24, 2.45) is 0 Å². The summed E-state index contributed by atoms with van der Waals surface area (Å²) in [6.07, 6.45) is 6.42. The van der Waals surface area contributed by atoms with Crippen LogP contribution in [-0.4, -0.2) is 22.7 Å². The lowest BCUT2D eigenvalue weighted by Gasteiger charge is -2.30. The third kappa shape index (κ3) is 4.67. The molecule has 1 saturated carbocycles. The maximum absolute atomic E-state index is 12.7. The summed E-state index contributed by atoms with van der Waals surface area (Å²) >= 11 is 0. The number of amides is 1. The molecule has 146 valence electrons. The van der Waals surface area contributed by atoms with Crippen LogP contribution >= 0.6 is 0 Å². The van der Waals surface area contributed by atoms with Crippen LogP contribution in [0.5, 0.6) is 5.75 Å². The van der Waals surface area contributed by atoms with Crippen LogP contribution in [0.4, 0.5) is 0 Å². The zero-order chi connectivity index (χ0) is 19.3. The summed E-state index contributed by atoms with van der Waals surface area (Å²) in [7, 11) is 0. The van der Waals surface area contributed by atoms with Crippen LogP contribution in [0.2, 0.25) is 0 Å². The minimum Gasteiger partial charge on any atom is -0.493 e. The number of nitrogens with one attached hydrogen (secondary N) is 1. The maximum atomic E-state index is 12.7. The van der Waals surface area contributed by atoms with Crippen molar-refractivity contribution >= 4 is 5.91 Å². The first-order chi connectivity index (χ1) is 13.0. The summed E-state index contributed by atoms with van der Waals surface area (Å²) in [5, 5.41) is 7.34. The Hall–Kier alpha value is -2.37. The summed E-state index contributed by atoms with van der Waals surface area (Å²) in [4.78, 5) is 17.1. The molecule has 0 bridgehead atoms. The van der Waals surface area contributed by atoms with E-state index >= 15 is 0 Å². The lowest BCUT2D eigenvalue weighted by atomic mass is 9.89. The van der Waals surface area contributed by atoms with E-state index in [4.69, 9.17) is 9.26 Å². The summed E-state index contributed by atoms with van der Waals surface area (Å²) in [5.74, 6) is 1.96. The van der Waals surface area contributed by atoms with E-state index in [1.807, 2.05) is 32.0 Å². The predicted octanol–water partition coefficient (Wildman–Crippen LogP) is 4.13. The van der Waals surface area contributed by atoms with Crippen molar-refractivity contribution in [2.45, 2.75) is 71.3 Å². The lowest BCUT2D eigenvalue weighted by Crippen LogP contribution is -2.46. The third-order valence-electron chi connectivity index (χ3n) is 5.28. The molecule has 0 aliphatic heterocycles. The Morgan fingerprint density at radius 2 is 1.81 bits per heavy atom. The Balaban J connectivity index is 1.64. The van der Waals surface area contributed by atoms with Gasteiger partial charge in [-0.1, -0.05) is 49.0 Å². The highest BCUT2D eigenvalue weighted by molar-refractivity contribution is 5.77. The van der Waals surface area contributed by atoms with E-state index in [-0.39, 0.29) is 5.91 Å². The number of hydrogen-bond acceptors (Lipinski definition) is 5. The van der Waals surface area contributed by atoms with Crippen LogP contribution in [0.25, 0.3) is 0 Å². The van der Waals surface area contributed by atoms with Gasteiger partial charge < -0.3 is 14.6 Å². The average molecular weight is 371 g/mol. The highest BCUT2D eigenvalue weighted by atomic mass is 16.5. The molecule has 0 spiro atoms. The van der Waals surface area contributed by atoms with Crippen LogP contribution in [0.15, 0.2) is 22.7 Å². The Bertz CT molecular complexity index is 756. The minimum absolute atomic E-state index is 0.0365. The molecule has 0 saturated heterocycles. The average Bonchev–Trinajstić information content (AvgIpc) is 2.93. The van der Waals surface area contributed by atoms with Crippen molar-refractivity contribution in [1.29, 1.82) is 0 Å². The Kier molecular flexibility index (Phi) is 6.14. The highest BCUT2D eigenvalue weighted by Crippen LogP contribution is 2.34. The monoisotopic (exact) mass is 371 g/mol. The van der Waals surface area contributed by atoms with Gasteiger partial charge in [-0.25, -0.2) is 0 Å². The normalized spacial score (nSPS) is 16.6. The number of aryl methyl sites for hydroxylation is 3. The molecular formula is C21H29N3O3. The molecule has 0 unspecified atom stereocenters. The number of carbonyl (C=O) groups excluding carboxylic acids is 1. The molecule has 1 amide bonds. The van der Waals surface area contributed by atoms with Gasteiger partial charge in [-0.3, -0.25) is 4.79 Å². The number of para-hydroxylation sites is 1. The fourth-order valence-corrected chi connectivity index (χ4v) is 3.83. The van der Waals surface area contributed by atoms with Crippen molar-refractivity contribution in [3.8, 4) is 5.75 Å². The number of aromatic nitrogens is 2. The molecule has 1 N–H and O–H groups in total. The topological polar surface area (TPSA) is 77.2 Å². The van der Waals surface area contributed by atoms with Gasteiger partial charge in [0.15, 0.2) is 5.82 Å². The van der Waals surface area contributed by atoms with Gasteiger partial charge in [0.1, 0.15) is 11.3 Å². The first-order valence-electron chi connectivity index (χ1n) is 9.81. The van der Waals surface area contributed by atoms with Gasteiger partial charge in [-0.05, 0) is 37.8 Å². The Morgan fingerprint density at radius 3 is 2.41 bits per heavy atom. The van der Waals surface area contributed by atoms with E-state index in [0.29, 0.717) is 24.7 Å². The second-order valence-electron chi connectivity index (χ2n) is 7.50. The van der Waals surface area contributed by atoms with Crippen molar-refractivity contribution in [2.75, 3.05) is 6.61 Å². The second-order valence-corrected chi connectivity index (χ2v) is 7.50. The second kappa shape index (κ2) is 8.55. The van der Waals surface area contributed by atoms with Gasteiger partial charge in [0.05, 0.1) is 13.0 Å². The Labute approximate surface area is 160 Å². The SMILES string of the molecule is Cc1nc(C2(NC(=O)CCOc3c(C)cccc3C)CCCCCC2)no1. The van der Waals surface area contributed by atoms with E-state index in [1.165, 1.54) is 12.8 Å². The molecule has 6 heteroatoms. The first-order valence-corrected chi connectivity index (χ1v) is 9.81. The molecule has 1 aromatic heterocycles. The largest absolute Gasteiger partial charge is 0.493 e. The van der Waals surface area contributed by atoms with Gasteiger partial charge in [0, 0.05) is 6.92 Å². The number of rotatable bonds is 6. The van der Waals surface area contributed by atoms with E-state index < -0.39 is 5.54 Å². The Morgan fingerprint density at radius 1 is 1.15 bits per heavy atom. The molecule has 6 nitrogen and oxygen atoms in total. The standard InChI is InChI=1S/C21H29N3O3/c1-15-9-8-10-16(2)19(15)26-14-11-18(25)23-21(12-6-4-5-7-13-21)20-22-17(3)27-24-20/h8-10H,4-7,11-14H2,1-3H3,(H,23,25). The number of carbonyl (C=O) groups is 1. The first kappa shape index (κ1) is 19.4. The number of benzene rings is 1. The maximum Gasteiger partial charge on any atom is 0.224 e. The van der Waals surface area contributed by atoms with Crippen molar-refractivity contribution in [3.63, 3.8) is 0 Å². The molecule has 1 fully saturated rings. The quantitative estimate of drug-likeness (QED) is 0.773. The van der Waals surface area contributed by atoms with Crippen LogP contribution in [0.1, 0.15) is 67.8 Å². The molecular weight excluding hydrogens is 342 g/mol. The van der Waals surface area contributed by atoms with Gasteiger partial charge in [-0.15, -0.1) is 0 Å². The summed E-state index contributed by atoms with van der Waals surface area (Å²) in [6.45, 7) is 6.16. The summed E-state index contributed by atoms with van der Waals surface area (Å²) in [6, 6.07) is 6.04. The number of ether oxygens (including phenoxy) is 1. The van der Waals surface area contributed by atoms with Crippen molar-refractivity contribution in [1.82, 2.24) is 15.5 Å². The summed E-state index contributed by atoms with van der Waals surface area (Å²) < 4.78 is 11.1. The molecule has 1 aliphatic rings. The van der Waals surface area contributed by atoms with Gasteiger partial charge in [-0.2, -0.15) is 4.98 Å². The van der Waals surface area contributed by atoms with Gasteiger partial charge >= 0.3 is 0 Å². The lowest BCUT2D eigenvalue weighted by molar-refractivity contribution is -0.124. The molecule has 1 aliphatic carbocycles. The molecule has 1 aromatic carbocycles. The zero-order valence-corrected chi connectivity index (χ0v) is 16.5. The molecule has 2 aromatic rings. The van der Waals surface area contributed by atoms with Crippen LogP contribution in [0.3, 0.4) is 0 Å². The van der Waals surface area contributed by atoms with Crippen molar-refractivity contribution in [3.05, 3.63) is 41.0 Å². The highest BCUT2D eigenvalue weighted by Gasteiger charge is 2.38. The fourth-order valence-electron chi connectivity index (χ4n) is 3.83. The minimum atomic E-state index is -0.524. The molecule has 0 radical (unpaired) electrons. The van der Waals surface area contributed by atoms with Crippen LogP contribution in [0, 0.1) is 20.8 Å². The van der Waals surface area contributed by atoms with E-state index in [0.717, 1.165) is 42.6 Å². The van der Waals surface area contributed by atoms with E-state index in [1.54, 1.807) is 6.92 Å². The fraction of sp³-hybridized carbons (Fsp3) is 0.571. The van der Waals surface area contributed by atoms with E-state index in [9.17, 15) is 4.79 Å². The summed E-state index contributed by atoms with van der Waals surface area (Å²) in [5.41, 5.74) is 1.64. The van der Waals surface area contributed by atoms with Crippen LogP contribution < -0.4 is 10.1 Å². The molecule has 0 atom stereocenters. The molecule has 27 heavy (non-hydrogen) atoms. The number of hydrogen-bond donors (Lipinski definition) is 1.